The molecule has 0 fully saturated rings. The number of unbranched alkanes of at least 4 members (excludes halogenated alkanes) is 2. The number of alkyl halides is 1. The average molecular weight is 294 g/mol. The zero-order valence-corrected chi connectivity index (χ0v) is 12.4. The second-order valence-corrected chi connectivity index (χ2v) is 6.35. The highest BCUT2D eigenvalue weighted by Gasteiger charge is 2.29. The molecule has 1 atom stereocenters. The molecule has 0 amide bonds. The van der Waals surface area contributed by atoms with Crippen LogP contribution in [-0.2, 0) is 14.3 Å². The Morgan fingerprint density at radius 3 is 2.63 bits per heavy atom. The van der Waals surface area contributed by atoms with Crippen LogP contribution in [0.5, 0.6) is 0 Å². The van der Waals surface area contributed by atoms with Crippen LogP contribution in [0.1, 0.15) is 32.6 Å². The molecule has 1 rings (SSSR count). The molecular formula is C12H23FN2O3S. The second kappa shape index (κ2) is 7.69. The third-order valence-electron chi connectivity index (χ3n) is 2.91. The smallest absolute Gasteiger partial charge is 0.270 e. The monoisotopic (exact) mass is 294 g/mol. The lowest BCUT2D eigenvalue weighted by atomic mass is 10.3. The van der Waals surface area contributed by atoms with E-state index in [2.05, 4.69) is 6.92 Å². The summed E-state index contributed by atoms with van der Waals surface area (Å²) in [5.41, 5.74) is 0. The fourth-order valence-electron chi connectivity index (χ4n) is 1.77. The first kappa shape index (κ1) is 16.2. The molecule has 0 aromatic heterocycles. The predicted molar refractivity (Wildman–Crippen MR) is 72.4 cm³/mol. The summed E-state index contributed by atoms with van der Waals surface area (Å²) < 4.78 is 40.8. The van der Waals surface area contributed by atoms with E-state index in [9.17, 15) is 12.8 Å². The topological polar surface area (TPSA) is 49.9 Å². The Balaban J connectivity index is 2.52. The van der Waals surface area contributed by atoms with Gasteiger partial charge in [0.2, 0.25) is 6.35 Å². The Kier molecular flexibility index (Phi) is 6.57. The molecule has 0 spiro atoms. The highest BCUT2D eigenvalue weighted by Crippen LogP contribution is 2.18. The molecule has 0 bridgehead atoms. The fourth-order valence-corrected chi connectivity index (χ4v) is 2.94. The maximum absolute atomic E-state index is 12.0. The maximum Gasteiger partial charge on any atom is 0.270 e. The van der Waals surface area contributed by atoms with Crippen LogP contribution in [-0.4, -0.2) is 50.6 Å². The van der Waals surface area contributed by atoms with Crippen LogP contribution in [0, 0.1) is 0 Å². The van der Waals surface area contributed by atoms with Gasteiger partial charge in [-0.2, -0.15) is 8.42 Å². The van der Waals surface area contributed by atoms with Crippen molar-refractivity contribution in [2.45, 2.75) is 39.0 Å². The van der Waals surface area contributed by atoms with Gasteiger partial charge in [0.05, 0.1) is 12.4 Å². The van der Waals surface area contributed by atoms with Gasteiger partial charge in [0.25, 0.3) is 10.1 Å². The van der Waals surface area contributed by atoms with Crippen LogP contribution in [0.25, 0.3) is 0 Å². The molecule has 0 aliphatic carbocycles. The molecule has 0 aromatic carbocycles. The number of nitrogens with zero attached hydrogens (tertiary/aromatic N) is 2. The zero-order chi connectivity index (χ0) is 14.3. The first-order valence-corrected chi connectivity index (χ1v) is 8.21. The number of rotatable bonds is 9. The van der Waals surface area contributed by atoms with Gasteiger partial charge in [0.15, 0.2) is 0 Å². The van der Waals surface area contributed by atoms with Crippen LogP contribution in [0.2, 0.25) is 0 Å². The van der Waals surface area contributed by atoms with Crippen LogP contribution in [0.3, 0.4) is 0 Å². The van der Waals surface area contributed by atoms with E-state index < -0.39 is 23.1 Å². The molecule has 1 aliphatic rings. The van der Waals surface area contributed by atoms with Crippen LogP contribution >= 0.6 is 0 Å². The Bertz CT molecular complexity index is 386. The van der Waals surface area contributed by atoms with E-state index in [0.29, 0.717) is 0 Å². The fraction of sp³-hybridized carbons (Fsp3) is 0.833. The average Bonchev–Trinajstić information content (AvgIpc) is 2.68. The first-order chi connectivity index (χ1) is 9.00. The Morgan fingerprint density at radius 1 is 1.26 bits per heavy atom. The lowest BCUT2D eigenvalue weighted by Gasteiger charge is -2.29. The third kappa shape index (κ3) is 5.36. The molecule has 1 aliphatic heterocycles. The van der Waals surface area contributed by atoms with E-state index >= 15 is 0 Å². The number of hydrogen-bond donors (Lipinski definition) is 0. The number of halogens is 1. The summed E-state index contributed by atoms with van der Waals surface area (Å²) in [6.07, 6.45) is 5.55. The molecule has 7 heteroatoms. The van der Waals surface area contributed by atoms with E-state index in [4.69, 9.17) is 4.18 Å². The molecular weight excluding hydrogens is 271 g/mol. The molecule has 0 radical (unpaired) electrons. The molecule has 0 saturated heterocycles. The van der Waals surface area contributed by atoms with Crippen molar-refractivity contribution < 1.29 is 17.0 Å². The standard InChI is InChI=1S/C12H23FN2O3S/c1-3-4-8-15-10-9-14(2)12(15)18-19(16,17)11-6-5-7-13/h9-10,12H,3-8,11H2,1-2H3. The summed E-state index contributed by atoms with van der Waals surface area (Å²) in [4.78, 5) is 3.57. The molecule has 0 N–H and O–H groups in total. The van der Waals surface area contributed by atoms with Crippen molar-refractivity contribution in [1.82, 2.24) is 9.80 Å². The summed E-state index contributed by atoms with van der Waals surface area (Å²) in [6.45, 7) is 2.33. The van der Waals surface area contributed by atoms with Gasteiger partial charge < -0.3 is 9.80 Å². The minimum Gasteiger partial charge on any atom is -0.336 e. The normalized spacial score (nSPS) is 19.4. The SMILES string of the molecule is CCCCN1C=CN(C)C1OS(=O)(=O)CCCCF. The molecule has 0 aromatic rings. The van der Waals surface area contributed by atoms with Crippen LogP contribution in [0.4, 0.5) is 4.39 Å². The molecule has 19 heavy (non-hydrogen) atoms. The van der Waals surface area contributed by atoms with Gasteiger partial charge in [-0.25, -0.2) is 4.18 Å². The van der Waals surface area contributed by atoms with Gasteiger partial charge in [0.1, 0.15) is 0 Å². The summed E-state index contributed by atoms with van der Waals surface area (Å²) in [5, 5.41) is 0. The molecule has 1 unspecified atom stereocenters. The van der Waals surface area contributed by atoms with Crippen molar-refractivity contribution in [1.29, 1.82) is 0 Å². The second-order valence-electron chi connectivity index (χ2n) is 4.64. The summed E-state index contributed by atoms with van der Waals surface area (Å²) in [6, 6.07) is 0. The van der Waals surface area contributed by atoms with E-state index in [0.717, 1.165) is 19.4 Å². The lowest BCUT2D eigenvalue weighted by Crippen LogP contribution is -2.41. The highest BCUT2D eigenvalue weighted by atomic mass is 32.2. The minimum atomic E-state index is -3.62. The Hall–Kier alpha value is -0.820. The van der Waals surface area contributed by atoms with Crippen molar-refractivity contribution in [2.24, 2.45) is 0 Å². The van der Waals surface area contributed by atoms with Crippen molar-refractivity contribution in [3.05, 3.63) is 12.4 Å². The van der Waals surface area contributed by atoms with E-state index in [-0.39, 0.29) is 18.6 Å². The van der Waals surface area contributed by atoms with Crippen LogP contribution < -0.4 is 0 Å². The van der Waals surface area contributed by atoms with Gasteiger partial charge in [0, 0.05) is 26.0 Å². The molecule has 0 saturated carbocycles. The summed E-state index contributed by atoms with van der Waals surface area (Å²) in [7, 11) is -1.85. The molecule has 1 heterocycles. The van der Waals surface area contributed by atoms with Crippen molar-refractivity contribution in [3.63, 3.8) is 0 Å². The van der Waals surface area contributed by atoms with Gasteiger partial charge in [-0.3, -0.25) is 4.39 Å². The van der Waals surface area contributed by atoms with Gasteiger partial charge >= 0.3 is 0 Å². The zero-order valence-electron chi connectivity index (χ0n) is 11.6. The molecule has 5 nitrogen and oxygen atoms in total. The predicted octanol–water partition coefficient (Wildman–Crippen LogP) is 1.88. The highest BCUT2D eigenvalue weighted by molar-refractivity contribution is 7.86. The largest absolute Gasteiger partial charge is 0.336 e. The van der Waals surface area contributed by atoms with E-state index in [1.54, 1.807) is 18.1 Å². The Labute approximate surface area is 115 Å². The van der Waals surface area contributed by atoms with Gasteiger partial charge in [-0.1, -0.05) is 13.3 Å². The van der Waals surface area contributed by atoms with E-state index in [1.807, 2.05) is 11.1 Å². The van der Waals surface area contributed by atoms with Crippen molar-refractivity contribution in [3.8, 4) is 0 Å². The quantitative estimate of drug-likeness (QED) is 0.480. The first-order valence-electron chi connectivity index (χ1n) is 6.63. The summed E-state index contributed by atoms with van der Waals surface area (Å²) >= 11 is 0. The van der Waals surface area contributed by atoms with Gasteiger partial charge in [-0.05, 0) is 19.3 Å². The number of hydrogen-bond acceptors (Lipinski definition) is 5. The lowest BCUT2D eigenvalue weighted by molar-refractivity contribution is -0.00884. The van der Waals surface area contributed by atoms with Crippen LogP contribution in [0.15, 0.2) is 12.4 Å². The van der Waals surface area contributed by atoms with Crippen molar-refractivity contribution >= 4 is 10.1 Å². The third-order valence-corrected chi connectivity index (χ3v) is 4.16. The minimum absolute atomic E-state index is 0.136. The maximum atomic E-state index is 12.0. The summed E-state index contributed by atoms with van der Waals surface area (Å²) in [5.74, 6) is -0.136. The molecule has 112 valence electrons. The van der Waals surface area contributed by atoms with Gasteiger partial charge in [-0.15, -0.1) is 0 Å². The Morgan fingerprint density at radius 2 is 2.00 bits per heavy atom. The van der Waals surface area contributed by atoms with E-state index in [1.165, 1.54) is 0 Å². The van der Waals surface area contributed by atoms with Crippen molar-refractivity contribution in [2.75, 3.05) is 26.0 Å².